The van der Waals surface area contributed by atoms with Crippen molar-refractivity contribution in [2.75, 3.05) is 0 Å². The largest absolute Gasteiger partial charge is 0.508 e. The summed E-state index contributed by atoms with van der Waals surface area (Å²) in [6, 6.07) is 2.09. The van der Waals surface area contributed by atoms with Gasteiger partial charge in [-0.25, -0.2) is 0 Å². The number of allylic oxidation sites excluding steroid dienone is 6. The van der Waals surface area contributed by atoms with E-state index >= 15 is 0 Å². The van der Waals surface area contributed by atoms with E-state index in [2.05, 4.69) is 13.0 Å². The van der Waals surface area contributed by atoms with Crippen molar-refractivity contribution in [3.63, 3.8) is 0 Å². The number of carbonyl (C=O) groups excluding carboxylic acids is 1. The lowest BCUT2D eigenvalue weighted by molar-refractivity contribution is 0.0974. The predicted molar refractivity (Wildman–Crippen MR) is 116 cm³/mol. The molecule has 158 valence electrons. The highest BCUT2D eigenvalue weighted by atomic mass is 16.3. The van der Waals surface area contributed by atoms with Gasteiger partial charge in [0.25, 0.3) is 0 Å². The zero-order valence-electron chi connectivity index (χ0n) is 17.0. The van der Waals surface area contributed by atoms with Crippen molar-refractivity contribution < 1.29 is 25.2 Å². The first-order chi connectivity index (χ1) is 14.0. The second-order valence-electron chi connectivity index (χ2n) is 6.73. The molecule has 0 radical (unpaired) electrons. The molecule has 5 nitrogen and oxygen atoms in total. The van der Waals surface area contributed by atoms with Crippen LogP contribution >= 0.6 is 0 Å². The molecule has 1 aromatic carbocycles. The number of hydrogen-bond donors (Lipinski definition) is 4. The maximum absolute atomic E-state index is 12.1. The average molecular weight is 401 g/mol. The van der Waals surface area contributed by atoms with Crippen molar-refractivity contribution in [1.82, 2.24) is 0 Å². The summed E-state index contributed by atoms with van der Waals surface area (Å²) in [6.07, 6.45) is 20.1. The van der Waals surface area contributed by atoms with Crippen molar-refractivity contribution in [1.29, 1.82) is 0 Å². The number of unbranched alkanes of at least 4 members (excludes halogenated alkanes) is 2. The quantitative estimate of drug-likeness (QED) is 0.155. The van der Waals surface area contributed by atoms with Gasteiger partial charge < -0.3 is 20.4 Å². The summed E-state index contributed by atoms with van der Waals surface area (Å²) in [6.45, 7) is 2.06. The molecule has 1 atom stereocenters. The average Bonchev–Trinajstić information content (AvgIpc) is 2.65. The van der Waals surface area contributed by atoms with Crippen molar-refractivity contribution in [3.8, 4) is 17.2 Å². The molecule has 0 saturated heterocycles. The first-order valence-corrected chi connectivity index (χ1v) is 10.0. The SMILES string of the molecule is CC/C=C\CC(O)/C=C/C=C\C/C=C\CCCCC(=O)c1c(O)cc(O)cc1O. The number of aliphatic hydroxyl groups excluding tert-OH is 1. The van der Waals surface area contributed by atoms with Crippen molar-refractivity contribution >= 4 is 5.78 Å². The highest BCUT2D eigenvalue weighted by Gasteiger charge is 2.17. The number of rotatable bonds is 13. The van der Waals surface area contributed by atoms with Crippen LogP contribution in [0.25, 0.3) is 0 Å². The molecule has 0 aromatic heterocycles. The summed E-state index contributed by atoms with van der Waals surface area (Å²) >= 11 is 0. The Labute approximate surface area is 173 Å². The van der Waals surface area contributed by atoms with Crippen LogP contribution in [0.4, 0.5) is 0 Å². The summed E-state index contributed by atoms with van der Waals surface area (Å²) in [5, 5.41) is 38.4. The van der Waals surface area contributed by atoms with Crippen LogP contribution in [0, 0.1) is 0 Å². The summed E-state index contributed by atoms with van der Waals surface area (Å²) < 4.78 is 0. The number of phenolic OH excluding ortho intramolecular Hbond substituents is 3. The Hall–Kier alpha value is -2.79. The van der Waals surface area contributed by atoms with Crippen LogP contribution in [-0.4, -0.2) is 32.3 Å². The third kappa shape index (κ3) is 10.4. The molecule has 0 aliphatic rings. The molecule has 0 amide bonds. The van der Waals surface area contributed by atoms with Gasteiger partial charge in [0.2, 0.25) is 0 Å². The van der Waals surface area contributed by atoms with Gasteiger partial charge in [-0.3, -0.25) is 4.79 Å². The molecule has 0 saturated carbocycles. The minimum Gasteiger partial charge on any atom is -0.508 e. The molecule has 4 N–H and O–H groups in total. The second-order valence-corrected chi connectivity index (χ2v) is 6.73. The fraction of sp³-hybridized carbons (Fsp3) is 0.375. The Morgan fingerprint density at radius 2 is 1.69 bits per heavy atom. The molecule has 0 aliphatic carbocycles. The Morgan fingerprint density at radius 1 is 0.966 bits per heavy atom. The minimum absolute atomic E-state index is 0.136. The molecule has 1 unspecified atom stereocenters. The molecule has 1 aromatic rings. The molecular formula is C24H32O5. The van der Waals surface area contributed by atoms with E-state index in [1.54, 1.807) is 6.08 Å². The van der Waals surface area contributed by atoms with Gasteiger partial charge in [0, 0.05) is 18.6 Å². The molecule has 0 bridgehead atoms. The lowest BCUT2D eigenvalue weighted by Crippen LogP contribution is -2.00. The van der Waals surface area contributed by atoms with Crippen LogP contribution in [0.5, 0.6) is 17.2 Å². The van der Waals surface area contributed by atoms with Gasteiger partial charge in [0.15, 0.2) is 5.78 Å². The van der Waals surface area contributed by atoms with E-state index in [9.17, 15) is 25.2 Å². The lowest BCUT2D eigenvalue weighted by Gasteiger charge is -2.06. The third-order valence-electron chi connectivity index (χ3n) is 4.18. The predicted octanol–water partition coefficient (Wildman–Crippen LogP) is 5.32. The highest BCUT2D eigenvalue weighted by Crippen LogP contribution is 2.33. The summed E-state index contributed by atoms with van der Waals surface area (Å²) in [5.41, 5.74) is -0.136. The fourth-order valence-corrected chi connectivity index (χ4v) is 2.68. The number of ketones is 1. The first-order valence-electron chi connectivity index (χ1n) is 10.0. The maximum Gasteiger partial charge on any atom is 0.170 e. The summed E-state index contributed by atoms with van der Waals surface area (Å²) in [4.78, 5) is 12.1. The van der Waals surface area contributed by atoms with Gasteiger partial charge in [0.05, 0.1) is 6.10 Å². The number of aliphatic hydroxyl groups is 1. The van der Waals surface area contributed by atoms with E-state index < -0.39 is 17.6 Å². The normalized spacial score (nSPS) is 13.3. The van der Waals surface area contributed by atoms with Crippen LogP contribution < -0.4 is 0 Å². The molecule has 1 rings (SSSR count). The first kappa shape index (κ1) is 24.2. The lowest BCUT2D eigenvalue weighted by atomic mass is 10.0. The smallest absolute Gasteiger partial charge is 0.170 e. The van der Waals surface area contributed by atoms with E-state index in [1.165, 1.54) is 0 Å². The van der Waals surface area contributed by atoms with Crippen molar-refractivity contribution in [2.24, 2.45) is 0 Å². The zero-order valence-corrected chi connectivity index (χ0v) is 17.0. The van der Waals surface area contributed by atoms with Crippen LogP contribution in [0.15, 0.2) is 60.7 Å². The standard InChI is InChI=1S/C24H32O5/c1-2-3-11-14-19(25)15-12-9-7-5-4-6-8-10-13-16-21(27)24-22(28)17-20(26)18-23(24)29/h3-4,6-7,9,11-12,15,17-19,25-26,28-29H,2,5,8,10,13-14,16H2,1H3/b6-4-,9-7-,11-3-,15-12+. The number of hydrogen-bond acceptors (Lipinski definition) is 5. The number of phenols is 3. The molecule has 0 spiro atoms. The Kier molecular flexibility index (Phi) is 11.9. The topological polar surface area (TPSA) is 98.0 Å². The van der Waals surface area contributed by atoms with Crippen molar-refractivity contribution in [3.05, 3.63) is 66.3 Å². The molecule has 0 fully saturated rings. The number of benzene rings is 1. The highest BCUT2D eigenvalue weighted by molar-refractivity contribution is 6.01. The maximum atomic E-state index is 12.1. The molecule has 29 heavy (non-hydrogen) atoms. The monoisotopic (exact) mass is 400 g/mol. The summed E-state index contributed by atoms with van der Waals surface area (Å²) in [7, 11) is 0. The van der Waals surface area contributed by atoms with Gasteiger partial charge in [-0.2, -0.15) is 0 Å². The van der Waals surface area contributed by atoms with Gasteiger partial charge in [-0.15, -0.1) is 0 Å². The van der Waals surface area contributed by atoms with Crippen LogP contribution in [0.2, 0.25) is 0 Å². The molecular weight excluding hydrogens is 368 g/mol. The van der Waals surface area contributed by atoms with Gasteiger partial charge in [-0.1, -0.05) is 55.5 Å². The Bertz CT molecular complexity index is 721. The number of aromatic hydroxyl groups is 3. The van der Waals surface area contributed by atoms with E-state index in [4.69, 9.17) is 0 Å². The van der Waals surface area contributed by atoms with Gasteiger partial charge >= 0.3 is 0 Å². The van der Waals surface area contributed by atoms with Crippen LogP contribution in [-0.2, 0) is 0 Å². The van der Waals surface area contributed by atoms with Gasteiger partial charge in [0.1, 0.15) is 22.8 Å². The summed E-state index contributed by atoms with van der Waals surface area (Å²) in [5.74, 6) is -1.44. The Balaban J connectivity index is 2.20. The van der Waals surface area contributed by atoms with Crippen molar-refractivity contribution in [2.45, 2.75) is 58.0 Å². The molecule has 0 heterocycles. The molecule has 0 aliphatic heterocycles. The van der Waals surface area contributed by atoms with E-state index in [-0.39, 0.29) is 23.5 Å². The van der Waals surface area contributed by atoms with E-state index in [0.29, 0.717) is 12.8 Å². The van der Waals surface area contributed by atoms with Crippen LogP contribution in [0.1, 0.15) is 62.2 Å². The Morgan fingerprint density at radius 3 is 2.38 bits per heavy atom. The third-order valence-corrected chi connectivity index (χ3v) is 4.18. The van der Waals surface area contributed by atoms with E-state index in [1.807, 2.05) is 36.5 Å². The van der Waals surface area contributed by atoms with E-state index in [0.717, 1.165) is 37.8 Å². The zero-order chi connectivity index (χ0) is 21.5. The fourth-order valence-electron chi connectivity index (χ4n) is 2.68. The second kappa shape index (κ2) is 14.2. The number of Topliss-reactive ketones (excluding diaryl/α,β-unsaturated/α-hetero) is 1. The minimum atomic E-state index is -0.453. The molecule has 5 heteroatoms. The van der Waals surface area contributed by atoms with Crippen LogP contribution in [0.3, 0.4) is 0 Å². The number of carbonyl (C=O) groups is 1. The van der Waals surface area contributed by atoms with Gasteiger partial charge in [-0.05, 0) is 38.5 Å².